The molecule has 0 saturated heterocycles. The normalized spacial score (nSPS) is 15.9. The highest BCUT2D eigenvalue weighted by Gasteiger charge is 2.30. The molecule has 1 unspecified atom stereocenters. The Hall–Kier alpha value is -1.84. The Morgan fingerprint density at radius 2 is 1.80 bits per heavy atom. The lowest BCUT2D eigenvalue weighted by Crippen LogP contribution is -2.44. The van der Waals surface area contributed by atoms with Gasteiger partial charge in [-0.15, -0.1) is 0 Å². The molecule has 1 aromatic rings. The van der Waals surface area contributed by atoms with Crippen LogP contribution in [0.4, 0.5) is 0 Å². The van der Waals surface area contributed by atoms with Crippen LogP contribution in [0.3, 0.4) is 0 Å². The highest BCUT2D eigenvalue weighted by Crippen LogP contribution is 2.26. The summed E-state index contributed by atoms with van der Waals surface area (Å²) in [5.41, 5.74) is 2.40. The van der Waals surface area contributed by atoms with Crippen LogP contribution in [-0.4, -0.2) is 23.0 Å². The molecule has 0 radical (unpaired) electrons. The van der Waals surface area contributed by atoms with Crippen molar-refractivity contribution in [3.8, 4) is 0 Å². The molecule has 0 aromatic heterocycles. The van der Waals surface area contributed by atoms with Crippen molar-refractivity contribution in [2.45, 2.75) is 39.2 Å². The molecule has 108 valence electrons. The van der Waals surface area contributed by atoms with Gasteiger partial charge in [0.05, 0.1) is 0 Å². The Labute approximate surface area is 119 Å². The van der Waals surface area contributed by atoms with E-state index < -0.39 is 12.0 Å². The second-order valence-electron chi connectivity index (χ2n) is 5.90. The summed E-state index contributed by atoms with van der Waals surface area (Å²) in [4.78, 5) is 23.4. The minimum Gasteiger partial charge on any atom is -0.480 e. The maximum atomic E-state index is 12.2. The first kappa shape index (κ1) is 14.6. The van der Waals surface area contributed by atoms with Gasteiger partial charge < -0.3 is 10.4 Å². The van der Waals surface area contributed by atoms with Crippen LogP contribution in [0.5, 0.6) is 0 Å². The third kappa shape index (κ3) is 3.38. The van der Waals surface area contributed by atoms with E-state index in [4.69, 9.17) is 0 Å². The average molecular weight is 275 g/mol. The number of carboxylic acids is 1. The molecule has 2 N–H and O–H groups in total. The van der Waals surface area contributed by atoms with Crippen molar-refractivity contribution < 1.29 is 14.7 Å². The summed E-state index contributed by atoms with van der Waals surface area (Å²) < 4.78 is 0. The largest absolute Gasteiger partial charge is 0.480 e. The van der Waals surface area contributed by atoms with Crippen molar-refractivity contribution in [2.24, 2.45) is 11.8 Å². The Morgan fingerprint density at radius 1 is 1.25 bits per heavy atom. The fourth-order valence-electron chi connectivity index (χ4n) is 2.73. The predicted molar refractivity (Wildman–Crippen MR) is 76.4 cm³/mol. The molecule has 1 atom stereocenters. The first-order chi connectivity index (χ1) is 9.47. The minimum atomic E-state index is -0.956. The molecule has 0 heterocycles. The lowest BCUT2D eigenvalue weighted by Gasteiger charge is -2.18. The Morgan fingerprint density at radius 3 is 2.25 bits per heavy atom. The van der Waals surface area contributed by atoms with Crippen molar-refractivity contribution in [1.29, 1.82) is 0 Å². The number of fused-ring (bicyclic) bond motifs is 1. The van der Waals surface area contributed by atoms with Crippen molar-refractivity contribution in [3.05, 3.63) is 35.4 Å². The molecule has 2 rings (SSSR count). The molecule has 1 aromatic carbocycles. The fraction of sp³-hybridized carbons (Fsp3) is 0.500. The fourth-order valence-corrected chi connectivity index (χ4v) is 2.73. The highest BCUT2D eigenvalue weighted by molar-refractivity contribution is 5.85. The summed E-state index contributed by atoms with van der Waals surface area (Å²) in [6, 6.07) is 7.22. The Balaban J connectivity index is 1.97. The molecule has 0 fully saturated rings. The number of amides is 1. The molecule has 0 saturated carbocycles. The van der Waals surface area contributed by atoms with Crippen LogP contribution in [0.15, 0.2) is 24.3 Å². The standard InChI is InChI=1S/C16H21NO3/c1-10(2)7-14(16(19)20)17-15(18)13-8-11-5-3-4-6-12(11)9-13/h3-6,10,13-14H,7-9H2,1-2H3,(H,17,18)(H,19,20). The third-order valence-corrected chi connectivity index (χ3v) is 3.74. The van der Waals surface area contributed by atoms with E-state index in [1.807, 2.05) is 38.1 Å². The molecule has 1 aliphatic rings. The lowest BCUT2D eigenvalue weighted by atomic mass is 10.0. The number of carbonyl (C=O) groups excluding carboxylic acids is 1. The summed E-state index contributed by atoms with van der Waals surface area (Å²) in [7, 11) is 0. The van der Waals surface area contributed by atoms with Crippen molar-refractivity contribution in [1.82, 2.24) is 5.32 Å². The number of nitrogens with one attached hydrogen (secondary N) is 1. The number of hydrogen-bond acceptors (Lipinski definition) is 2. The molecule has 20 heavy (non-hydrogen) atoms. The van der Waals surface area contributed by atoms with Gasteiger partial charge in [-0.25, -0.2) is 4.79 Å². The van der Waals surface area contributed by atoms with Gasteiger partial charge in [-0.3, -0.25) is 4.79 Å². The van der Waals surface area contributed by atoms with Gasteiger partial charge in [-0.2, -0.15) is 0 Å². The second kappa shape index (κ2) is 6.07. The van der Waals surface area contributed by atoms with Crippen LogP contribution >= 0.6 is 0 Å². The number of rotatable bonds is 5. The topological polar surface area (TPSA) is 66.4 Å². The number of carboxylic acid groups (broad SMARTS) is 1. The van der Waals surface area contributed by atoms with Gasteiger partial charge in [0.15, 0.2) is 0 Å². The van der Waals surface area contributed by atoms with E-state index in [1.54, 1.807) is 0 Å². The molecular weight excluding hydrogens is 254 g/mol. The van der Waals surface area contributed by atoms with E-state index in [2.05, 4.69) is 5.32 Å². The maximum absolute atomic E-state index is 12.2. The van der Waals surface area contributed by atoms with Gasteiger partial charge in [0.25, 0.3) is 0 Å². The number of aliphatic carboxylic acids is 1. The van der Waals surface area contributed by atoms with Gasteiger partial charge in [0, 0.05) is 5.92 Å². The van der Waals surface area contributed by atoms with Crippen LogP contribution in [-0.2, 0) is 22.4 Å². The van der Waals surface area contributed by atoms with Crippen LogP contribution in [0.25, 0.3) is 0 Å². The van der Waals surface area contributed by atoms with E-state index in [1.165, 1.54) is 11.1 Å². The van der Waals surface area contributed by atoms with Crippen molar-refractivity contribution in [2.75, 3.05) is 0 Å². The molecule has 0 bridgehead atoms. The summed E-state index contributed by atoms with van der Waals surface area (Å²) in [6.45, 7) is 3.90. The lowest BCUT2D eigenvalue weighted by molar-refractivity contribution is -0.142. The smallest absolute Gasteiger partial charge is 0.326 e. The number of hydrogen-bond donors (Lipinski definition) is 2. The van der Waals surface area contributed by atoms with E-state index in [0.717, 1.165) is 0 Å². The van der Waals surface area contributed by atoms with Crippen molar-refractivity contribution in [3.63, 3.8) is 0 Å². The van der Waals surface area contributed by atoms with E-state index in [9.17, 15) is 14.7 Å². The molecule has 4 nitrogen and oxygen atoms in total. The summed E-state index contributed by atoms with van der Waals surface area (Å²) in [5.74, 6) is -1.00. The molecule has 0 aliphatic heterocycles. The second-order valence-corrected chi connectivity index (χ2v) is 5.90. The van der Waals surface area contributed by atoms with Gasteiger partial charge in [0.2, 0.25) is 5.91 Å². The molecule has 1 aliphatic carbocycles. The van der Waals surface area contributed by atoms with Crippen LogP contribution in [0.2, 0.25) is 0 Å². The zero-order chi connectivity index (χ0) is 14.7. The van der Waals surface area contributed by atoms with E-state index in [-0.39, 0.29) is 17.7 Å². The maximum Gasteiger partial charge on any atom is 0.326 e. The van der Waals surface area contributed by atoms with Gasteiger partial charge in [-0.1, -0.05) is 38.1 Å². The quantitative estimate of drug-likeness (QED) is 0.864. The zero-order valence-electron chi connectivity index (χ0n) is 11.9. The van der Waals surface area contributed by atoms with Crippen LogP contribution in [0.1, 0.15) is 31.4 Å². The number of carbonyl (C=O) groups is 2. The van der Waals surface area contributed by atoms with E-state index >= 15 is 0 Å². The van der Waals surface area contributed by atoms with Gasteiger partial charge in [0.1, 0.15) is 6.04 Å². The SMILES string of the molecule is CC(C)CC(NC(=O)C1Cc2ccccc2C1)C(=O)O. The van der Waals surface area contributed by atoms with Gasteiger partial charge >= 0.3 is 5.97 Å². The minimum absolute atomic E-state index is 0.138. The highest BCUT2D eigenvalue weighted by atomic mass is 16.4. The Bertz CT molecular complexity index is 485. The first-order valence-corrected chi connectivity index (χ1v) is 7.07. The molecule has 4 heteroatoms. The third-order valence-electron chi connectivity index (χ3n) is 3.74. The monoisotopic (exact) mass is 275 g/mol. The number of benzene rings is 1. The zero-order valence-corrected chi connectivity index (χ0v) is 11.9. The average Bonchev–Trinajstić information content (AvgIpc) is 2.81. The summed E-state index contributed by atoms with van der Waals surface area (Å²) in [5, 5.41) is 11.9. The van der Waals surface area contributed by atoms with E-state index in [0.29, 0.717) is 19.3 Å². The van der Waals surface area contributed by atoms with Crippen LogP contribution < -0.4 is 5.32 Å². The van der Waals surface area contributed by atoms with Crippen LogP contribution in [0, 0.1) is 11.8 Å². The van der Waals surface area contributed by atoms with Crippen molar-refractivity contribution >= 4 is 11.9 Å². The summed E-state index contributed by atoms with van der Waals surface area (Å²) in [6.07, 6.45) is 1.87. The first-order valence-electron chi connectivity index (χ1n) is 7.07. The molecule has 0 spiro atoms. The Kier molecular flexibility index (Phi) is 4.42. The predicted octanol–water partition coefficient (Wildman–Crippen LogP) is 2.02. The molecular formula is C16H21NO3. The molecule has 1 amide bonds. The summed E-state index contributed by atoms with van der Waals surface area (Å²) >= 11 is 0. The van der Waals surface area contributed by atoms with Gasteiger partial charge in [-0.05, 0) is 36.3 Å².